The highest BCUT2D eigenvalue weighted by molar-refractivity contribution is 7.13. The van der Waals surface area contributed by atoms with Gasteiger partial charge >= 0.3 is 0 Å². The molecule has 0 saturated carbocycles. The Kier molecular flexibility index (Phi) is 5.35. The highest BCUT2D eigenvalue weighted by Gasteiger charge is 2.15. The molecule has 24 heavy (non-hydrogen) atoms. The van der Waals surface area contributed by atoms with E-state index in [0.29, 0.717) is 18.0 Å². The number of nitrogens with zero attached hydrogens (tertiary/aromatic N) is 2. The fourth-order valence-corrected chi connectivity index (χ4v) is 3.52. The Balaban J connectivity index is 1.49. The zero-order chi connectivity index (χ0) is 16.9. The molecule has 0 radical (unpaired) electrons. The second kappa shape index (κ2) is 7.66. The molecule has 6 heteroatoms. The largest absolute Gasteiger partial charge is 0.375 e. The quantitative estimate of drug-likeness (QED) is 0.870. The topological polar surface area (TPSA) is 71.2 Å². The van der Waals surface area contributed by atoms with E-state index < -0.39 is 0 Å². The summed E-state index contributed by atoms with van der Waals surface area (Å²) in [5.41, 5.74) is 8.55. The number of rotatable bonds is 5. The molecule has 0 atom stereocenters. The number of aromatic nitrogens is 1. The van der Waals surface area contributed by atoms with Gasteiger partial charge in [-0.05, 0) is 49.4 Å². The van der Waals surface area contributed by atoms with Gasteiger partial charge in [-0.2, -0.15) is 0 Å². The fraction of sp³-hybridized carbons (Fsp3) is 0.444. The normalized spacial score (nSPS) is 15.5. The van der Waals surface area contributed by atoms with Gasteiger partial charge in [0.05, 0.1) is 5.69 Å². The maximum atomic E-state index is 12.0. The molecule has 3 N–H and O–H groups in total. The van der Waals surface area contributed by atoms with Gasteiger partial charge in [-0.15, -0.1) is 11.3 Å². The number of thiazole rings is 1. The summed E-state index contributed by atoms with van der Waals surface area (Å²) in [4.78, 5) is 18.6. The first-order valence-electron chi connectivity index (χ1n) is 8.45. The molecule has 0 unspecified atom stereocenters. The van der Waals surface area contributed by atoms with Crippen molar-refractivity contribution in [3.63, 3.8) is 0 Å². The second-order valence-corrected chi connectivity index (χ2v) is 7.33. The van der Waals surface area contributed by atoms with Crippen LogP contribution in [-0.4, -0.2) is 24.0 Å². The number of carbonyl (C=O) groups is 1. The maximum Gasteiger partial charge on any atom is 0.224 e. The minimum absolute atomic E-state index is 0.00104. The van der Waals surface area contributed by atoms with Crippen molar-refractivity contribution < 1.29 is 4.79 Å². The van der Waals surface area contributed by atoms with E-state index in [-0.39, 0.29) is 5.91 Å². The molecule has 1 aromatic heterocycles. The van der Waals surface area contributed by atoms with Crippen LogP contribution in [-0.2, 0) is 11.2 Å². The molecule has 1 aromatic carbocycles. The molecular weight excluding hydrogens is 320 g/mol. The minimum Gasteiger partial charge on any atom is -0.375 e. The van der Waals surface area contributed by atoms with Gasteiger partial charge < -0.3 is 16.0 Å². The Bertz CT molecular complexity index is 675. The number of benzene rings is 1. The lowest BCUT2D eigenvalue weighted by Crippen LogP contribution is -2.32. The second-order valence-electron chi connectivity index (χ2n) is 6.44. The first kappa shape index (κ1) is 16.8. The Morgan fingerprint density at radius 1 is 1.33 bits per heavy atom. The zero-order valence-electron chi connectivity index (χ0n) is 14.0. The van der Waals surface area contributed by atoms with Crippen LogP contribution >= 0.6 is 11.3 Å². The highest BCUT2D eigenvalue weighted by atomic mass is 32.1. The third-order valence-corrected chi connectivity index (χ3v) is 5.20. The molecule has 3 rings (SSSR count). The number of hydrogen-bond donors (Lipinski definition) is 2. The van der Waals surface area contributed by atoms with Gasteiger partial charge in [0, 0.05) is 36.3 Å². The molecular formula is C18H24N4OS. The van der Waals surface area contributed by atoms with Crippen molar-refractivity contribution in [2.45, 2.75) is 32.6 Å². The van der Waals surface area contributed by atoms with E-state index in [9.17, 15) is 4.79 Å². The van der Waals surface area contributed by atoms with Crippen molar-refractivity contribution in [2.75, 3.05) is 29.0 Å². The van der Waals surface area contributed by atoms with Crippen LogP contribution < -0.4 is 16.0 Å². The zero-order valence-corrected chi connectivity index (χ0v) is 14.8. The summed E-state index contributed by atoms with van der Waals surface area (Å²) in [6.07, 6.45) is 3.53. The number of piperidine rings is 1. The third-order valence-electron chi connectivity index (χ3n) is 4.48. The predicted molar refractivity (Wildman–Crippen MR) is 101 cm³/mol. The Labute approximate surface area is 146 Å². The van der Waals surface area contributed by atoms with E-state index >= 15 is 0 Å². The van der Waals surface area contributed by atoms with Gasteiger partial charge in [0.25, 0.3) is 0 Å². The standard InChI is InChI=1S/C18H24N4OS/c1-13-8-10-22(11-9-13)16-5-2-14(3-6-16)20-17(23)7-4-15-12-24-18(19)21-15/h2-3,5-6,12-13H,4,7-11H2,1H3,(H2,19,21)(H,20,23). The number of hydrogen-bond acceptors (Lipinski definition) is 5. The molecule has 1 fully saturated rings. The Hall–Kier alpha value is -2.08. The van der Waals surface area contributed by atoms with Crippen LogP contribution in [0, 0.1) is 5.92 Å². The summed E-state index contributed by atoms with van der Waals surface area (Å²) < 4.78 is 0. The monoisotopic (exact) mass is 344 g/mol. The van der Waals surface area contributed by atoms with Crippen LogP contribution in [0.5, 0.6) is 0 Å². The van der Waals surface area contributed by atoms with Gasteiger partial charge in [-0.3, -0.25) is 4.79 Å². The molecule has 0 aliphatic carbocycles. The number of nitrogens with two attached hydrogens (primary N) is 1. The first-order chi connectivity index (χ1) is 11.6. The molecule has 0 spiro atoms. The van der Waals surface area contributed by atoms with Gasteiger partial charge in [-0.1, -0.05) is 6.92 Å². The van der Waals surface area contributed by atoms with Crippen LogP contribution in [0.25, 0.3) is 0 Å². The number of aryl methyl sites for hydroxylation is 1. The molecule has 128 valence electrons. The smallest absolute Gasteiger partial charge is 0.224 e. The molecule has 1 aliphatic rings. The van der Waals surface area contributed by atoms with Crippen molar-refractivity contribution in [3.8, 4) is 0 Å². The first-order valence-corrected chi connectivity index (χ1v) is 9.33. The van der Waals surface area contributed by atoms with Crippen LogP contribution in [0.3, 0.4) is 0 Å². The average Bonchev–Trinajstić information content (AvgIpc) is 3.00. The van der Waals surface area contributed by atoms with E-state index in [1.165, 1.54) is 29.9 Å². The number of carbonyl (C=O) groups excluding carboxylic acids is 1. The molecule has 5 nitrogen and oxygen atoms in total. The van der Waals surface area contributed by atoms with Crippen molar-refractivity contribution in [1.29, 1.82) is 0 Å². The Morgan fingerprint density at radius 2 is 2.04 bits per heavy atom. The SMILES string of the molecule is CC1CCN(c2ccc(NC(=O)CCc3csc(N)n3)cc2)CC1. The summed E-state index contributed by atoms with van der Waals surface area (Å²) >= 11 is 1.41. The predicted octanol–water partition coefficient (Wildman–Crippen LogP) is 3.53. The van der Waals surface area contributed by atoms with Crippen molar-refractivity contribution in [2.24, 2.45) is 5.92 Å². The molecule has 1 amide bonds. The summed E-state index contributed by atoms with van der Waals surface area (Å²) in [6, 6.07) is 8.14. The van der Waals surface area contributed by atoms with E-state index in [1.807, 2.05) is 17.5 Å². The lowest BCUT2D eigenvalue weighted by atomic mass is 9.99. The van der Waals surface area contributed by atoms with Crippen molar-refractivity contribution in [1.82, 2.24) is 4.98 Å². The third kappa shape index (κ3) is 4.47. The number of nitrogens with one attached hydrogen (secondary N) is 1. The van der Waals surface area contributed by atoms with E-state index in [2.05, 4.69) is 34.3 Å². The summed E-state index contributed by atoms with van der Waals surface area (Å²) in [5.74, 6) is 0.828. The highest BCUT2D eigenvalue weighted by Crippen LogP contribution is 2.24. The molecule has 0 bridgehead atoms. The van der Waals surface area contributed by atoms with Crippen LogP contribution in [0.4, 0.5) is 16.5 Å². The number of nitrogen functional groups attached to an aromatic ring is 1. The van der Waals surface area contributed by atoms with Crippen LogP contribution in [0.1, 0.15) is 31.9 Å². The molecule has 1 saturated heterocycles. The Morgan fingerprint density at radius 3 is 2.67 bits per heavy atom. The van der Waals surface area contributed by atoms with E-state index in [1.54, 1.807) is 0 Å². The summed E-state index contributed by atoms with van der Waals surface area (Å²) in [6.45, 7) is 4.54. The fourth-order valence-electron chi connectivity index (χ4n) is 2.92. The molecule has 2 heterocycles. The number of amides is 1. The molecule has 1 aliphatic heterocycles. The lowest BCUT2D eigenvalue weighted by Gasteiger charge is -2.32. The van der Waals surface area contributed by atoms with Crippen LogP contribution in [0.2, 0.25) is 0 Å². The summed E-state index contributed by atoms with van der Waals surface area (Å²) in [7, 11) is 0. The minimum atomic E-state index is 0.00104. The molecule has 2 aromatic rings. The van der Waals surface area contributed by atoms with Crippen molar-refractivity contribution >= 4 is 33.8 Å². The number of anilines is 3. The summed E-state index contributed by atoms with van der Waals surface area (Å²) in [5, 5.41) is 5.39. The van der Waals surface area contributed by atoms with E-state index in [4.69, 9.17) is 5.73 Å². The van der Waals surface area contributed by atoms with Gasteiger partial charge in [0.15, 0.2) is 5.13 Å². The van der Waals surface area contributed by atoms with Gasteiger partial charge in [0.1, 0.15) is 0 Å². The lowest BCUT2D eigenvalue weighted by molar-refractivity contribution is -0.116. The van der Waals surface area contributed by atoms with E-state index in [0.717, 1.165) is 30.4 Å². The van der Waals surface area contributed by atoms with Gasteiger partial charge in [-0.25, -0.2) is 4.98 Å². The van der Waals surface area contributed by atoms with Crippen molar-refractivity contribution in [3.05, 3.63) is 35.3 Å². The van der Waals surface area contributed by atoms with Gasteiger partial charge in [0.2, 0.25) is 5.91 Å². The average molecular weight is 344 g/mol. The maximum absolute atomic E-state index is 12.0. The van der Waals surface area contributed by atoms with Crippen LogP contribution in [0.15, 0.2) is 29.6 Å².